The molecule has 2 heterocycles. The van der Waals surface area contributed by atoms with Gasteiger partial charge in [0.05, 0.1) is 6.61 Å². The van der Waals surface area contributed by atoms with Crippen LogP contribution < -0.4 is 11.2 Å². The molecule has 0 aliphatic carbocycles. The van der Waals surface area contributed by atoms with Crippen molar-refractivity contribution < 1.29 is 14.9 Å². The second-order valence-electron chi connectivity index (χ2n) is 4.60. The predicted molar refractivity (Wildman–Crippen MR) is 65.3 cm³/mol. The minimum atomic E-state index is -1.19. The molecule has 7 nitrogen and oxygen atoms in total. The normalized spacial score (nSPS) is 34.1. The highest BCUT2D eigenvalue weighted by Gasteiger charge is 2.53. The van der Waals surface area contributed by atoms with Gasteiger partial charge in [-0.3, -0.25) is 14.3 Å². The molecular weight excluding hydrogens is 252 g/mol. The van der Waals surface area contributed by atoms with E-state index in [9.17, 15) is 14.7 Å². The van der Waals surface area contributed by atoms with Crippen molar-refractivity contribution in [3.05, 3.63) is 33.1 Å². The molecule has 1 aliphatic heterocycles. The fourth-order valence-electron chi connectivity index (χ4n) is 2.18. The topological polar surface area (TPSA) is 105 Å². The average molecular weight is 266 g/mol. The third kappa shape index (κ3) is 2.00. The Morgan fingerprint density at radius 1 is 1.63 bits per heavy atom. The van der Waals surface area contributed by atoms with E-state index in [4.69, 9.17) is 16.3 Å². The maximum atomic E-state index is 11.7. The van der Waals surface area contributed by atoms with Crippen LogP contribution in [0.15, 0.2) is 21.9 Å². The number of aliphatic hydroxyl groups excluding tert-OH is 2. The molecule has 2 rings (SSSR count). The monoisotopic (exact) mass is 266 g/mol. The van der Waals surface area contributed by atoms with Gasteiger partial charge >= 0.3 is 5.69 Å². The number of ether oxygens (including phenoxy) is 1. The SMILES string of the molecule is C#C[C@]1(C)[C@H](O)C(CO)O[C@@H]1n1ccc(=O)[nH]c1=O. The number of hydrogen-bond donors (Lipinski definition) is 3. The van der Waals surface area contributed by atoms with Crippen molar-refractivity contribution in [3.63, 3.8) is 0 Å². The van der Waals surface area contributed by atoms with Crippen molar-refractivity contribution >= 4 is 0 Å². The molecule has 1 fully saturated rings. The van der Waals surface area contributed by atoms with E-state index in [1.165, 1.54) is 6.20 Å². The van der Waals surface area contributed by atoms with Crippen LogP contribution in [0.4, 0.5) is 0 Å². The highest BCUT2D eigenvalue weighted by atomic mass is 16.5. The summed E-state index contributed by atoms with van der Waals surface area (Å²) in [7, 11) is 0. The fraction of sp³-hybridized carbons (Fsp3) is 0.500. The van der Waals surface area contributed by atoms with Crippen LogP contribution in [-0.2, 0) is 4.74 Å². The largest absolute Gasteiger partial charge is 0.394 e. The lowest BCUT2D eigenvalue weighted by Gasteiger charge is -2.27. The number of aromatic amines is 1. The average Bonchev–Trinajstić information content (AvgIpc) is 2.63. The van der Waals surface area contributed by atoms with Crippen LogP contribution in [0.5, 0.6) is 0 Å². The zero-order chi connectivity index (χ0) is 14.2. The van der Waals surface area contributed by atoms with Crippen molar-refractivity contribution in [2.24, 2.45) is 5.41 Å². The summed E-state index contributed by atoms with van der Waals surface area (Å²) in [6.45, 7) is 1.13. The highest BCUT2D eigenvalue weighted by Crippen LogP contribution is 2.43. The standard InChI is InChI=1S/C12H14N2O5/c1-3-12(2)9(17)7(6-15)19-10(12)14-5-4-8(16)13-11(14)18/h1,4-5,7,9-10,15,17H,6H2,2H3,(H,13,16,18)/t7?,9-,10+,12-/m1/s1. The second kappa shape index (κ2) is 4.66. The van der Waals surface area contributed by atoms with E-state index in [-0.39, 0.29) is 0 Å². The van der Waals surface area contributed by atoms with Crippen molar-refractivity contribution in [1.82, 2.24) is 9.55 Å². The molecule has 19 heavy (non-hydrogen) atoms. The molecule has 102 valence electrons. The number of nitrogens with one attached hydrogen (secondary N) is 1. The lowest BCUT2D eigenvalue weighted by Crippen LogP contribution is -2.40. The number of terminal acetylenes is 1. The Labute approximate surface area is 108 Å². The Morgan fingerprint density at radius 2 is 2.32 bits per heavy atom. The first kappa shape index (κ1) is 13.5. The number of hydrogen-bond acceptors (Lipinski definition) is 5. The van der Waals surface area contributed by atoms with Gasteiger partial charge in [0, 0.05) is 12.3 Å². The third-order valence-corrected chi connectivity index (χ3v) is 3.38. The Hall–Kier alpha value is -1.88. The summed E-state index contributed by atoms with van der Waals surface area (Å²) < 4.78 is 6.53. The summed E-state index contributed by atoms with van der Waals surface area (Å²) in [5.41, 5.74) is -2.42. The van der Waals surface area contributed by atoms with E-state index in [1.54, 1.807) is 6.92 Å². The van der Waals surface area contributed by atoms with Crippen molar-refractivity contribution in [1.29, 1.82) is 0 Å². The molecule has 1 saturated heterocycles. The minimum Gasteiger partial charge on any atom is -0.394 e. The number of aliphatic hydroxyl groups is 2. The number of nitrogens with zero attached hydrogens (tertiary/aromatic N) is 1. The van der Waals surface area contributed by atoms with Crippen molar-refractivity contribution in [2.45, 2.75) is 25.4 Å². The van der Waals surface area contributed by atoms with Gasteiger partial charge in [0.2, 0.25) is 0 Å². The van der Waals surface area contributed by atoms with E-state index in [0.717, 1.165) is 10.6 Å². The molecule has 0 radical (unpaired) electrons. The summed E-state index contributed by atoms with van der Waals surface area (Å²) in [6.07, 6.45) is 3.70. The molecule has 3 N–H and O–H groups in total. The first-order chi connectivity index (χ1) is 8.93. The van der Waals surface area contributed by atoms with Gasteiger partial charge < -0.3 is 14.9 Å². The summed E-state index contributed by atoms with van der Waals surface area (Å²) in [5, 5.41) is 19.2. The Kier molecular flexibility index (Phi) is 3.32. The molecule has 1 unspecified atom stereocenters. The van der Waals surface area contributed by atoms with Gasteiger partial charge in [-0.05, 0) is 6.92 Å². The van der Waals surface area contributed by atoms with Crippen LogP contribution in [0.3, 0.4) is 0 Å². The highest BCUT2D eigenvalue weighted by molar-refractivity contribution is 5.15. The van der Waals surface area contributed by atoms with E-state index >= 15 is 0 Å². The minimum absolute atomic E-state index is 0.424. The van der Waals surface area contributed by atoms with Gasteiger partial charge in [-0.15, -0.1) is 6.42 Å². The Bertz CT molecular complexity index is 628. The van der Waals surface area contributed by atoms with Gasteiger partial charge in [0.1, 0.15) is 17.6 Å². The second-order valence-corrected chi connectivity index (χ2v) is 4.60. The van der Waals surface area contributed by atoms with E-state index < -0.39 is 41.7 Å². The summed E-state index contributed by atoms with van der Waals surface area (Å²) >= 11 is 0. The zero-order valence-electron chi connectivity index (χ0n) is 10.2. The van der Waals surface area contributed by atoms with Crippen molar-refractivity contribution in [3.8, 4) is 12.3 Å². The summed E-state index contributed by atoms with van der Waals surface area (Å²) in [5.74, 6) is 2.41. The van der Waals surface area contributed by atoms with Crippen LogP contribution >= 0.6 is 0 Å². The molecule has 1 aromatic heterocycles. The first-order valence-electron chi connectivity index (χ1n) is 5.67. The molecule has 1 aliphatic rings. The lowest BCUT2D eigenvalue weighted by atomic mass is 9.83. The Balaban J connectivity index is 2.52. The predicted octanol–water partition coefficient (Wildman–Crippen LogP) is -1.57. The number of H-pyrrole nitrogens is 1. The van der Waals surface area contributed by atoms with Crippen LogP contribution in [0, 0.1) is 17.8 Å². The number of rotatable bonds is 2. The Morgan fingerprint density at radius 3 is 2.84 bits per heavy atom. The third-order valence-electron chi connectivity index (χ3n) is 3.38. The first-order valence-corrected chi connectivity index (χ1v) is 5.67. The van der Waals surface area contributed by atoms with Crippen molar-refractivity contribution in [2.75, 3.05) is 6.61 Å². The molecule has 0 aromatic carbocycles. The van der Waals surface area contributed by atoms with Gasteiger partial charge in [-0.25, -0.2) is 4.79 Å². The van der Waals surface area contributed by atoms with Gasteiger partial charge in [0.25, 0.3) is 5.56 Å². The maximum absolute atomic E-state index is 11.7. The van der Waals surface area contributed by atoms with Crippen LogP contribution in [-0.4, -0.2) is 38.6 Å². The van der Waals surface area contributed by atoms with E-state index in [1.807, 2.05) is 0 Å². The summed E-state index contributed by atoms with van der Waals surface area (Å²) in [6, 6.07) is 1.15. The lowest BCUT2D eigenvalue weighted by molar-refractivity contribution is -0.0502. The quantitative estimate of drug-likeness (QED) is 0.561. The molecule has 0 amide bonds. The van der Waals surface area contributed by atoms with Crippen LogP contribution in [0.25, 0.3) is 0 Å². The maximum Gasteiger partial charge on any atom is 0.330 e. The van der Waals surface area contributed by atoms with E-state index in [0.29, 0.717) is 0 Å². The molecule has 7 heteroatoms. The van der Waals surface area contributed by atoms with Crippen LogP contribution in [0.1, 0.15) is 13.2 Å². The molecular formula is C12H14N2O5. The van der Waals surface area contributed by atoms with Gasteiger partial charge in [-0.2, -0.15) is 0 Å². The molecule has 0 saturated carbocycles. The smallest absolute Gasteiger partial charge is 0.330 e. The number of aromatic nitrogens is 2. The molecule has 4 atom stereocenters. The van der Waals surface area contributed by atoms with Gasteiger partial charge in [0.15, 0.2) is 6.23 Å². The zero-order valence-corrected chi connectivity index (χ0v) is 10.2. The summed E-state index contributed by atoms with van der Waals surface area (Å²) in [4.78, 5) is 24.9. The molecule has 0 spiro atoms. The molecule has 0 bridgehead atoms. The van der Waals surface area contributed by atoms with E-state index in [2.05, 4.69) is 10.9 Å². The molecule has 1 aromatic rings. The van der Waals surface area contributed by atoms with Crippen LogP contribution in [0.2, 0.25) is 0 Å². The van der Waals surface area contributed by atoms with Gasteiger partial charge in [-0.1, -0.05) is 5.92 Å². The fourth-order valence-corrected chi connectivity index (χ4v) is 2.18.